The molecule has 0 radical (unpaired) electrons. The van der Waals surface area contributed by atoms with Gasteiger partial charge in [0.1, 0.15) is 16.4 Å². The summed E-state index contributed by atoms with van der Waals surface area (Å²) >= 11 is 7.24. The van der Waals surface area contributed by atoms with Gasteiger partial charge in [0, 0.05) is 115 Å². The van der Waals surface area contributed by atoms with Gasteiger partial charge in [0.05, 0.1) is 42.8 Å². The molecule has 15 aliphatic heterocycles. The highest BCUT2D eigenvalue weighted by atomic mass is 32.2. The Balaban J connectivity index is -0.000000169. The van der Waals surface area contributed by atoms with Gasteiger partial charge in [-0.3, -0.25) is 14.8 Å². The molecular weight excluding hydrogens is 1740 g/mol. The van der Waals surface area contributed by atoms with E-state index in [1.165, 1.54) is 415 Å². The fourth-order valence-electron chi connectivity index (χ4n) is 13.0. The summed E-state index contributed by atoms with van der Waals surface area (Å²) in [5.74, 6) is 7.97. The van der Waals surface area contributed by atoms with Crippen molar-refractivity contribution in [1.82, 2.24) is 42.5 Å². The van der Waals surface area contributed by atoms with E-state index >= 15 is 0 Å². The second-order valence-electron chi connectivity index (χ2n) is 33.0. The Hall–Kier alpha value is -1.69. The molecule has 15 heterocycles. The summed E-state index contributed by atoms with van der Waals surface area (Å²) in [7, 11) is -5.19. The van der Waals surface area contributed by atoms with Crippen LogP contribution in [0.4, 0.5) is 0 Å². The molecule has 0 aromatic carbocycles. The first-order chi connectivity index (χ1) is 59.8. The number of thioether (sulfide) groups is 4. The molecular formula is C105H224N10O9S6. The Bertz CT molecular complexity index is 2090. The number of piperidine rings is 2. The predicted molar refractivity (Wildman–Crippen MR) is 597 cm³/mol. The number of rotatable bonds is 0. The molecule has 25 heteroatoms. The number of nitrogens with one attached hydrogen (secondary N) is 8. The fourth-order valence-corrected chi connectivity index (χ4v) is 18.7. The number of hydrogen-bond acceptors (Lipinski definition) is 23. The predicted octanol–water partition coefficient (Wildman–Crippen LogP) is 27.0. The van der Waals surface area contributed by atoms with Crippen LogP contribution in [0.25, 0.3) is 0 Å². The SMILES string of the molecule is C.C.C.C.C.C.C.C.C.C1=CCCC1.C1=CNCCC1.C1=CSC=CN1.C1=NCCC1.C1=NCCO1.C1CCC1.C1CCC1.C1CCCC1.C1CCCCCC1.C1CCCCCC1.C1CCCOCC1.C1CCNC1.C1CCNCC1.C1CCNCC1.C1CCOC1.C1CCSC1.C1COCCN1.C1CSCCN1.O=C1CCCS1.O=S1(=O)CCCC1.O=S1(=O)CCNCC1. The van der Waals surface area contributed by atoms with Crippen LogP contribution in [0.3, 0.4) is 0 Å². The molecule has 0 amide bonds. The first-order valence-electron chi connectivity index (χ1n) is 49.8. The summed E-state index contributed by atoms with van der Waals surface area (Å²) in [5.41, 5.74) is 0. The molecule has 0 aromatic heterocycles. The first kappa shape index (κ1) is 146. The summed E-state index contributed by atoms with van der Waals surface area (Å²) in [4.78, 5) is 17.9. The summed E-state index contributed by atoms with van der Waals surface area (Å²) in [5, 5.41) is 29.5. The van der Waals surface area contributed by atoms with Crippen LogP contribution in [0.2, 0.25) is 0 Å². The topological polar surface area (TPSA) is 243 Å². The third kappa shape index (κ3) is 128. The largest absolute Gasteiger partial charge is 0.482 e. The minimum absolute atomic E-state index is 0. The van der Waals surface area contributed by atoms with Crippen LogP contribution in [0.1, 0.15) is 414 Å². The smallest absolute Gasteiger partial charge is 0.188 e. The lowest BCUT2D eigenvalue weighted by Gasteiger charge is -2.10. The Morgan fingerprint density at radius 2 is 0.631 bits per heavy atom. The van der Waals surface area contributed by atoms with Gasteiger partial charge in [-0.15, -0.1) is 11.8 Å². The second-order valence-corrected chi connectivity index (χ2v) is 42.0. The van der Waals surface area contributed by atoms with Crippen LogP contribution < -0.4 is 42.5 Å². The summed E-state index contributed by atoms with van der Waals surface area (Å²) < 4.78 is 61.9. The third-order valence-corrected chi connectivity index (χ3v) is 28.7. The lowest BCUT2D eigenvalue weighted by molar-refractivity contribution is -0.110. The van der Waals surface area contributed by atoms with Gasteiger partial charge in [-0.25, -0.2) is 16.8 Å². The van der Waals surface area contributed by atoms with Crippen molar-refractivity contribution in [2.45, 2.75) is 414 Å². The molecule has 16 fully saturated rings. The Morgan fingerprint density at radius 3 is 0.777 bits per heavy atom. The van der Waals surface area contributed by atoms with Crippen LogP contribution in [0.5, 0.6) is 0 Å². The number of allylic oxidation sites excluding steroid dienone is 3. The molecule has 0 atom stereocenters. The number of nitrogens with zero attached hydrogens (tertiary/aromatic N) is 2. The normalized spacial score (nSPS) is 21.8. The third-order valence-electron chi connectivity index (χ3n) is 21.5. The molecule has 19 nitrogen and oxygen atoms in total. The highest BCUT2D eigenvalue weighted by Crippen LogP contribution is 2.20. The van der Waals surface area contributed by atoms with Crippen molar-refractivity contribution in [3.05, 3.63) is 47.6 Å². The van der Waals surface area contributed by atoms with Crippen molar-refractivity contribution >= 4 is 84.5 Å². The van der Waals surface area contributed by atoms with Gasteiger partial charge in [0.15, 0.2) is 21.4 Å². The zero-order valence-corrected chi connectivity index (χ0v) is 82.3. The van der Waals surface area contributed by atoms with Crippen LogP contribution >= 0.6 is 47.0 Å². The van der Waals surface area contributed by atoms with Crippen molar-refractivity contribution in [2.24, 2.45) is 9.98 Å². The van der Waals surface area contributed by atoms with Crippen molar-refractivity contribution in [2.75, 3.05) is 196 Å². The fraction of sp³-hybridized carbons (Fsp3) is 0.895. The number of sulfone groups is 2. The Kier molecular flexibility index (Phi) is 143. The molecule has 21 rings (SSSR count). The van der Waals surface area contributed by atoms with E-state index in [-0.39, 0.29) is 66.8 Å². The maximum absolute atomic E-state index is 10.6. The molecule has 11 saturated heterocycles. The van der Waals surface area contributed by atoms with Gasteiger partial charge < -0.3 is 61.5 Å². The van der Waals surface area contributed by atoms with Crippen molar-refractivity contribution < 1.29 is 40.6 Å². The number of morpholine rings is 1. The summed E-state index contributed by atoms with van der Waals surface area (Å²) in [6, 6.07) is 0. The van der Waals surface area contributed by atoms with Gasteiger partial charge in [-0.2, -0.15) is 23.5 Å². The monoisotopic (exact) mass is 1960 g/mol. The average Bonchev–Trinajstić information content (AvgIpc) is 1.12. The van der Waals surface area contributed by atoms with E-state index < -0.39 is 19.7 Å². The van der Waals surface area contributed by atoms with Gasteiger partial charge in [-0.1, -0.05) is 296 Å². The standard InChI is InChI=1S/2C7H14.C6H12O.2C5H11N.C5H9N.C5H10.C5H8.C4H9NO2S.C4H9NO.C4H9NS.C4H5NS.C4H9N.C4H7N.C4H8O2S.C4H6OS.C4H8O.C4H8S.2C4H8.C3H5NO.9CH4/c3*1-2-4-6-7-5-3-1;3*1-2-4-6-5-3-1;2*1-2-4-5-3-1;6-8(7)3-1-5-2-4-8;3*1-3-6-4-2-5-1;2*1-2-4-5-3-1;5-7(6)3-1-2-4-7;5-4-2-1-3-6-4;2*1-2-4-5-3-1;2*1-2-4-3-1;1-2-5-3-4-1;;;;;;;;;/h2*1-7H2;1-6H2;2*6H,1-5H2;2,4,6H,1,3,5H2;1-5H2;1-2H,3-5H2;5H,1-4H2;2*5H,1-4H2;1-5H;5H,1-4H2;3H,1-2,4H2;1-4H2;1-3H2;2*1-4H2;2*1-4H2;3H,1-2H2;9*1H4. The maximum Gasteiger partial charge on any atom is 0.188 e. The van der Waals surface area contributed by atoms with Gasteiger partial charge >= 0.3 is 0 Å². The molecule has 8 N–H and O–H groups in total. The van der Waals surface area contributed by atoms with Crippen LogP contribution in [0, 0.1) is 0 Å². The molecule has 5 saturated carbocycles. The number of carbonyl (C=O) groups excluding carboxylic acids is 1. The number of hydrogen-bond donors (Lipinski definition) is 8. The number of aliphatic imine (C=N–C) groups is 2. The van der Waals surface area contributed by atoms with E-state index in [0.717, 1.165) is 110 Å². The summed E-state index contributed by atoms with van der Waals surface area (Å²) in [6.45, 7) is 22.9. The number of ether oxygens (including phenoxy) is 4. The van der Waals surface area contributed by atoms with Gasteiger partial charge in [0.2, 0.25) is 0 Å². The average molecular weight is 1960 g/mol. The van der Waals surface area contributed by atoms with Crippen molar-refractivity contribution in [3.63, 3.8) is 0 Å². The zero-order chi connectivity index (χ0) is 86.5. The quantitative estimate of drug-likeness (QED) is 0.0830. The second kappa shape index (κ2) is 127. The maximum atomic E-state index is 10.6. The van der Waals surface area contributed by atoms with Crippen molar-refractivity contribution in [1.29, 1.82) is 0 Å². The molecule has 0 spiro atoms. The molecule has 784 valence electrons. The minimum atomic E-state index is -2.65. The van der Waals surface area contributed by atoms with E-state index in [1.54, 1.807) is 11.8 Å². The molecule has 0 aromatic rings. The summed E-state index contributed by atoms with van der Waals surface area (Å²) in [6.07, 6.45) is 91.1. The van der Waals surface area contributed by atoms with Crippen LogP contribution in [0.15, 0.2) is 57.6 Å². The first-order valence-corrected chi connectivity index (χ1v) is 57.7. The van der Waals surface area contributed by atoms with Gasteiger partial charge in [0.25, 0.3) is 0 Å². The van der Waals surface area contributed by atoms with Crippen LogP contribution in [-0.2, 0) is 43.4 Å². The number of carbonyl (C=O) groups is 1. The van der Waals surface area contributed by atoms with E-state index in [2.05, 4.69) is 87.2 Å². The van der Waals surface area contributed by atoms with Crippen molar-refractivity contribution in [3.8, 4) is 0 Å². The lowest BCUT2D eigenvalue weighted by atomic mass is 10.0. The molecule has 21 aliphatic rings. The lowest BCUT2D eigenvalue weighted by Crippen LogP contribution is -2.35. The van der Waals surface area contributed by atoms with Crippen LogP contribution in [-0.4, -0.2) is 231 Å². The van der Waals surface area contributed by atoms with Gasteiger partial charge in [-0.05, 0) is 215 Å². The van der Waals surface area contributed by atoms with E-state index in [4.69, 9.17) is 14.2 Å². The minimum Gasteiger partial charge on any atom is -0.482 e. The van der Waals surface area contributed by atoms with E-state index in [9.17, 15) is 21.6 Å². The Morgan fingerprint density at radius 1 is 0.277 bits per heavy atom. The molecule has 0 unspecified atom stereocenters. The molecule has 130 heavy (non-hydrogen) atoms. The molecule has 0 bridgehead atoms. The zero-order valence-electron chi connectivity index (χ0n) is 77.4. The Labute approximate surface area is 829 Å². The molecule has 6 aliphatic carbocycles. The van der Waals surface area contributed by atoms with E-state index in [1.807, 2.05) is 47.4 Å². The van der Waals surface area contributed by atoms with E-state index in [0.29, 0.717) is 41.2 Å². The highest BCUT2D eigenvalue weighted by Gasteiger charge is 2.17. The highest BCUT2D eigenvalue weighted by molar-refractivity contribution is 8.14.